The minimum Gasteiger partial charge on any atom is -0.398 e. The zero-order valence-corrected chi connectivity index (χ0v) is 12.6. The number of nitrogens with two attached hydrogens (primary N) is 2. The summed E-state index contributed by atoms with van der Waals surface area (Å²) < 4.78 is 26.0. The minimum atomic E-state index is -3.77. The summed E-state index contributed by atoms with van der Waals surface area (Å²) in [6.45, 7) is 2.04. The molecule has 8 heteroatoms. The molecule has 1 heterocycles. The molecule has 0 aliphatic carbocycles. The van der Waals surface area contributed by atoms with Crippen LogP contribution in [0.3, 0.4) is 0 Å². The van der Waals surface area contributed by atoms with Crippen molar-refractivity contribution in [1.82, 2.24) is 4.31 Å². The highest BCUT2D eigenvalue weighted by Crippen LogP contribution is 2.33. The molecule has 5 N–H and O–H groups in total. The lowest BCUT2D eigenvalue weighted by atomic mass is 9.92. The van der Waals surface area contributed by atoms with E-state index in [1.54, 1.807) is 0 Å². The van der Waals surface area contributed by atoms with Crippen LogP contribution in [0.4, 0.5) is 5.69 Å². The van der Waals surface area contributed by atoms with Gasteiger partial charge in [-0.3, -0.25) is 4.79 Å². The number of hydrogen-bond donors (Lipinski definition) is 3. The Balaban J connectivity index is 2.24. The number of nitrogen functional groups attached to an aromatic ring is 1. The van der Waals surface area contributed by atoms with Crippen molar-refractivity contribution in [2.75, 3.05) is 18.8 Å². The van der Waals surface area contributed by atoms with Gasteiger partial charge in [0.1, 0.15) is 4.90 Å². The van der Waals surface area contributed by atoms with E-state index in [0.717, 1.165) is 6.42 Å². The zero-order valence-electron chi connectivity index (χ0n) is 11.7. The number of amides is 1. The Morgan fingerprint density at radius 3 is 2.52 bits per heavy atom. The van der Waals surface area contributed by atoms with Gasteiger partial charge in [-0.05, 0) is 24.6 Å². The van der Waals surface area contributed by atoms with E-state index < -0.39 is 21.5 Å². The van der Waals surface area contributed by atoms with E-state index >= 15 is 0 Å². The van der Waals surface area contributed by atoms with Crippen LogP contribution in [0.15, 0.2) is 23.1 Å². The summed E-state index contributed by atoms with van der Waals surface area (Å²) in [4.78, 5) is 11.0. The van der Waals surface area contributed by atoms with Gasteiger partial charge in [-0.2, -0.15) is 4.31 Å². The van der Waals surface area contributed by atoms with Crippen LogP contribution < -0.4 is 11.5 Å². The van der Waals surface area contributed by atoms with E-state index in [9.17, 15) is 18.3 Å². The molecule has 0 atom stereocenters. The number of aliphatic hydroxyl groups is 1. The highest BCUT2D eigenvalue weighted by Gasteiger charge is 2.46. The molecule has 0 radical (unpaired) electrons. The minimum absolute atomic E-state index is 0.0303. The lowest BCUT2D eigenvalue weighted by Crippen LogP contribution is -2.63. The molecule has 1 aliphatic heterocycles. The van der Waals surface area contributed by atoms with Gasteiger partial charge >= 0.3 is 0 Å². The maximum absolute atomic E-state index is 12.4. The van der Waals surface area contributed by atoms with Crippen molar-refractivity contribution in [1.29, 1.82) is 0 Å². The fourth-order valence-electron chi connectivity index (χ4n) is 2.48. The Labute approximate surface area is 123 Å². The zero-order chi connectivity index (χ0) is 15.8. The van der Waals surface area contributed by atoms with E-state index in [0.29, 0.717) is 6.42 Å². The van der Waals surface area contributed by atoms with Gasteiger partial charge in [-0.25, -0.2) is 8.42 Å². The van der Waals surface area contributed by atoms with Crippen molar-refractivity contribution in [2.24, 2.45) is 5.73 Å². The Morgan fingerprint density at radius 2 is 2.05 bits per heavy atom. The van der Waals surface area contributed by atoms with Crippen LogP contribution in [0.2, 0.25) is 0 Å². The highest BCUT2D eigenvalue weighted by molar-refractivity contribution is 7.89. The fraction of sp³-hybridized carbons (Fsp3) is 0.462. The van der Waals surface area contributed by atoms with E-state index in [4.69, 9.17) is 11.5 Å². The average molecular weight is 313 g/mol. The second kappa shape index (κ2) is 5.28. The van der Waals surface area contributed by atoms with Gasteiger partial charge in [-0.1, -0.05) is 13.3 Å². The standard InChI is InChI=1S/C13H19N3O4S/c1-2-5-13(18)7-16(8-13)21(19,20)11-4-3-9(12(15)17)6-10(11)14/h3-4,6,18H,2,5,7-8,14H2,1H3,(H2,15,17). The summed E-state index contributed by atoms with van der Waals surface area (Å²) in [7, 11) is -3.77. The van der Waals surface area contributed by atoms with Crippen molar-refractivity contribution in [2.45, 2.75) is 30.3 Å². The van der Waals surface area contributed by atoms with E-state index in [2.05, 4.69) is 0 Å². The van der Waals surface area contributed by atoms with Crippen LogP contribution in [0.5, 0.6) is 0 Å². The molecule has 21 heavy (non-hydrogen) atoms. The number of carbonyl (C=O) groups is 1. The summed E-state index contributed by atoms with van der Waals surface area (Å²) >= 11 is 0. The van der Waals surface area contributed by atoms with Crippen molar-refractivity contribution in [3.8, 4) is 0 Å². The van der Waals surface area contributed by atoms with Gasteiger partial charge in [0.2, 0.25) is 15.9 Å². The van der Waals surface area contributed by atoms with Crippen molar-refractivity contribution < 1.29 is 18.3 Å². The number of rotatable bonds is 5. The Kier molecular flexibility index (Phi) is 3.96. The predicted octanol–water partition coefficient (Wildman–Crippen LogP) is -0.0968. The van der Waals surface area contributed by atoms with Crippen LogP contribution in [0.1, 0.15) is 30.1 Å². The van der Waals surface area contributed by atoms with Gasteiger partial charge < -0.3 is 16.6 Å². The molecular weight excluding hydrogens is 294 g/mol. The van der Waals surface area contributed by atoms with Gasteiger partial charge in [0.15, 0.2) is 0 Å². The van der Waals surface area contributed by atoms with Crippen molar-refractivity contribution in [3.05, 3.63) is 23.8 Å². The van der Waals surface area contributed by atoms with Gasteiger partial charge in [-0.15, -0.1) is 0 Å². The predicted molar refractivity (Wildman–Crippen MR) is 78.0 cm³/mol. The van der Waals surface area contributed by atoms with Crippen LogP contribution >= 0.6 is 0 Å². The van der Waals surface area contributed by atoms with E-state index in [-0.39, 0.29) is 29.2 Å². The molecule has 1 aliphatic rings. The van der Waals surface area contributed by atoms with Gasteiger partial charge in [0.05, 0.1) is 11.3 Å². The molecule has 0 saturated carbocycles. The van der Waals surface area contributed by atoms with Crippen LogP contribution in [-0.4, -0.2) is 42.4 Å². The third kappa shape index (κ3) is 2.87. The molecular formula is C13H19N3O4S. The smallest absolute Gasteiger partial charge is 0.248 e. The van der Waals surface area contributed by atoms with Crippen molar-refractivity contribution in [3.63, 3.8) is 0 Å². The number of primary amides is 1. The van der Waals surface area contributed by atoms with E-state index in [1.165, 1.54) is 22.5 Å². The number of carbonyl (C=O) groups excluding carboxylic acids is 1. The number of nitrogens with zero attached hydrogens (tertiary/aromatic N) is 1. The summed E-state index contributed by atoms with van der Waals surface area (Å²) in [5.74, 6) is -0.674. The summed E-state index contributed by atoms with van der Waals surface area (Å²) in [6.07, 6.45) is 1.33. The molecule has 0 bridgehead atoms. The monoisotopic (exact) mass is 313 g/mol. The van der Waals surface area contributed by atoms with Crippen LogP contribution in [0.25, 0.3) is 0 Å². The second-order valence-corrected chi connectivity index (χ2v) is 7.27. The molecule has 1 amide bonds. The van der Waals surface area contributed by atoms with Crippen LogP contribution in [0, 0.1) is 0 Å². The Bertz CT molecular complexity index is 666. The summed E-state index contributed by atoms with van der Waals surface area (Å²) in [5.41, 5.74) is 10.00. The molecule has 0 aromatic heterocycles. The average Bonchev–Trinajstić information content (AvgIpc) is 2.35. The molecule has 1 aromatic rings. The number of sulfonamides is 1. The Hall–Kier alpha value is -1.64. The van der Waals surface area contributed by atoms with Gasteiger partial charge in [0.25, 0.3) is 0 Å². The van der Waals surface area contributed by atoms with Crippen molar-refractivity contribution >= 4 is 21.6 Å². The quantitative estimate of drug-likeness (QED) is 0.654. The first kappa shape index (κ1) is 15.7. The molecule has 1 fully saturated rings. The third-order valence-electron chi connectivity index (χ3n) is 3.57. The first-order valence-corrected chi connectivity index (χ1v) is 8.05. The largest absolute Gasteiger partial charge is 0.398 e. The number of anilines is 1. The number of hydrogen-bond acceptors (Lipinski definition) is 5. The van der Waals surface area contributed by atoms with E-state index in [1.807, 2.05) is 6.92 Å². The molecule has 0 unspecified atom stereocenters. The summed E-state index contributed by atoms with van der Waals surface area (Å²) in [6, 6.07) is 3.83. The second-order valence-electron chi connectivity index (χ2n) is 5.36. The molecule has 0 spiro atoms. The first-order valence-electron chi connectivity index (χ1n) is 6.61. The fourth-order valence-corrected chi connectivity index (χ4v) is 4.17. The topological polar surface area (TPSA) is 127 Å². The lowest BCUT2D eigenvalue weighted by Gasteiger charge is -2.45. The summed E-state index contributed by atoms with van der Waals surface area (Å²) in [5, 5.41) is 10.1. The number of β-amino-alcohol motifs (C(OH)–C–C–N with tert-alkyl or cyclic N) is 1. The maximum Gasteiger partial charge on any atom is 0.248 e. The highest BCUT2D eigenvalue weighted by atomic mass is 32.2. The number of benzene rings is 1. The lowest BCUT2D eigenvalue weighted by molar-refractivity contribution is -0.0653. The molecule has 1 saturated heterocycles. The normalized spacial score (nSPS) is 18.2. The third-order valence-corrected chi connectivity index (χ3v) is 5.43. The Morgan fingerprint density at radius 1 is 1.43 bits per heavy atom. The van der Waals surface area contributed by atoms with Crippen LogP contribution in [-0.2, 0) is 10.0 Å². The SMILES string of the molecule is CCCC1(O)CN(S(=O)(=O)c2ccc(C(N)=O)cc2N)C1. The molecule has 1 aromatic carbocycles. The molecule has 116 valence electrons. The molecule has 7 nitrogen and oxygen atoms in total. The van der Waals surface area contributed by atoms with Gasteiger partial charge in [0, 0.05) is 18.7 Å². The first-order chi connectivity index (χ1) is 9.69. The molecule has 2 rings (SSSR count). The maximum atomic E-state index is 12.4.